The zero-order chi connectivity index (χ0) is 15.0. The lowest BCUT2D eigenvalue weighted by atomic mass is 9.97. The smallest absolute Gasteiger partial charge is 0.321 e. The molecule has 112 valence electrons. The predicted molar refractivity (Wildman–Crippen MR) is 76.9 cm³/mol. The van der Waals surface area contributed by atoms with Crippen LogP contribution in [0.2, 0.25) is 0 Å². The van der Waals surface area contributed by atoms with Gasteiger partial charge in [0.25, 0.3) is 0 Å². The second-order valence-electron chi connectivity index (χ2n) is 4.50. The molecule has 0 saturated heterocycles. The molecule has 0 aliphatic carbocycles. The Balaban J connectivity index is 2.21. The number of amides is 2. The molecule has 0 saturated carbocycles. The van der Waals surface area contributed by atoms with Crippen LogP contribution in [0.25, 0.3) is 0 Å². The molecule has 1 rings (SSSR count). The fraction of sp³-hybridized carbons (Fsp3) is 0.667. The van der Waals surface area contributed by atoms with Crippen molar-refractivity contribution in [3.8, 4) is 0 Å². The van der Waals surface area contributed by atoms with Gasteiger partial charge in [-0.05, 0) is 25.7 Å². The first-order valence-electron chi connectivity index (χ1n) is 6.58. The highest BCUT2D eigenvalue weighted by Crippen LogP contribution is 2.15. The third-order valence-electron chi connectivity index (χ3n) is 2.93. The van der Waals surface area contributed by atoms with Gasteiger partial charge in [-0.3, -0.25) is 10.1 Å². The van der Waals surface area contributed by atoms with Crippen LogP contribution in [0.5, 0.6) is 0 Å². The number of hydrogen-bond acceptors (Lipinski definition) is 5. The largest absolute Gasteiger partial charge is 0.481 e. The minimum atomic E-state index is -0.777. The summed E-state index contributed by atoms with van der Waals surface area (Å²) in [5.74, 6) is -0.462. The van der Waals surface area contributed by atoms with Crippen LogP contribution in [-0.2, 0) is 4.79 Å². The van der Waals surface area contributed by atoms with Gasteiger partial charge in [0.15, 0.2) is 0 Å². The van der Waals surface area contributed by atoms with E-state index < -0.39 is 5.97 Å². The van der Waals surface area contributed by atoms with Crippen LogP contribution in [0.4, 0.5) is 9.93 Å². The highest BCUT2D eigenvalue weighted by molar-refractivity contribution is 7.15. The average molecular weight is 300 g/mol. The molecule has 2 amide bonds. The van der Waals surface area contributed by atoms with Crippen LogP contribution in [0, 0.1) is 12.8 Å². The third kappa shape index (κ3) is 6.46. The minimum absolute atomic E-state index is 0.175. The van der Waals surface area contributed by atoms with Gasteiger partial charge in [0.2, 0.25) is 5.13 Å². The molecule has 0 aromatic carbocycles. The number of carboxylic acids is 1. The Kier molecular flexibility index (Phi) is 6.92. The summed E-state index contributed by atoms with van der Waals surface area (Å²) in [6.45, 7) is 4.35. The maximum atomic E-state index is 11.6. The van der Waals surface area contributed by atoms with Gasteiger partial charge in [0, 0.05) is 13.0 Å². The molecule has 7 nitrogen and oxygen atoms in total. The van der Waals surface area contributed by atoms with Crippen LogP contribution in [0.3, 0.4) is 0 Å². The molecule has 0 aliphatic heterocycles. The number of rotatable bonds is 8. The van der Waals surface area contributed by atoms with E-state index in [4.69, 9.17) is 5.11 Å². The summed E-state index contributed by atoms with van der Waals surface area (Å²) in [6, 6.07) is -0.311. The topological polar surface area (TPSA) is 104 Å². The molecule has 1 aromatic heterocycles. The number of anilines is 1. The first-order valence-corrected chi connectivity index (χ1v) is 7.39. The predicted octanol–water partition coefficient (Wildman–Crippen LogP) is 2.25. The van der Waals surface area contributed by atoms with Crippen molar-refractivity contribution in [3.05, 3.63) is 5.01 Å². The number of nitrogens with one attached hydrogen (secondary N) is 2. The fourth-order valence-electron chi connectivity index (χ4n) is 1.76. The summed E-state index contributed by atoms with van der Waals surface area (Å²) in [5, 5.41) is 22.8. The van der Waals surface area contributed by atoms with Crippen molar-refractivity contribution in [1.29, 1.82) is 0 Å². The van der Waals surface area contributed by atoms with E-state index in [0.717, 1.165) is 17.8 Å². The van der Waals surface area contributed by atoms with Crippen LogP contribution < -0.4 is 10.6 Å². The molecule has 1 atom stereocenters. The number of aliphatic carboxylic acids is 1. The summed E-state index contributed by atoms with van der Waals surface area (Å²) >= 11 is 1.31. The molecule has 1 aromatic rings. The first kappa shape index (κ1) is 16.4. The zero-order valence-electron chi connectivity index (χ0n) is 11.7. The number of carboxylic acid groups (broad SMARTS) is 1. The Morgan fingerprint density at radius 3 is 2.65 bits per heavy atom. The van der Waals surface area contributed by atoms with Crippen molar-refractivity contribution in [2.24, 2.45) is 5.92 Å². The Hall–Kier alpha value is -1.70. The molecular weight excluding hydrogens is 280 g/mol. The van der Waals surface area contributed by atoms with Gasteiger partial charge in [0.1, 0.15) is 5.01 Å². The number of hydrogen-bond donors (Lipinski definition) is 3. The summed E-state index contributed by atoms with van der Waals surface area (Å²) in [4.78, 5) is 22.1. The van der Waals surface area contributed by atoms with Crippen molar-refractivity contribution < 1.29 is 14.7 Å². The van der Waals surface area contributed by atoms with Crippen molar-refractivity contribution in [1.82, 2.24) is 15.5 Å². The number of carbonyl (C=O) groups excluding carboxylic acids is 1. The van der Waals surface area contributed by atoms with Crippen molar-refractivity contribution >= 4 is 28.5 Å². The van der Waals surface area contributed by atoms with Gasteiger partial charge < -0.3 is 10.4 Å². The molecule has 0 radical (unpaired) electrons. The van der Waals surface area contributed by atoms with E-state index in [1.807, 2.05) is 13.8 Å². The molecule has 0 fully saturated rings. The summed E-state index contributed by atoms with van der Waals surface area (Å²) in [5.41, 5.74) is 0. The van der Waals surface area contributed by atoms with Crippen molar-refractivity contribution in [3.63, 3.8) is 0 Å². The molecule has 0 aliphatic rings. The highest BCUT2D eigenvalue weighted by atomic mass is 32.1. The second-order valence-corrected chi connectivity index (χ2v) is 5.68. The summed E-state index contributed by atoms with van der Waals surface area (Å²) in [7, 11) is 0. The van der Waals surface area contributed by atoms with E-state index in [-0.39, 0.29) is 12.5 Å². The van der Waals surface area contributed by atoms with E-state index in [0.29, 0.717) is 24.0 Å². The van der Waals surface area contributed by atoms with Gasteiger partial charge >= 0.3 is 12.0 Å². The van der Waals surface area contributed by atoms with Crippen LogP contribution >= 0.6 is 11.3 Å². The lowest BCUT2D eigenvalue weighted by molar-refractivity contribution is -0.137. The SMILES string of the molecule is CCC(CCNC(=O)Nc1nnc(C)s1)CCC(=O)O. The van der Waals surface area contributed by atoms with Crippen molar-refractivity contribution in [2.75, 3.05) is 11.9 Å². The standard InChI is InChI=1S/C12H20N4O3S/c1-3-9(4-5-10(17)18)6-7-13-11(19)14-12-16-15-8(2)20-12/h9H,3-7H2,1-2H3,(H,17,18)(H2,13,14,16,19). The quantitative estimate of drug-likeness (QED) is 0.683. The molecule has 0 spiro atoms. The van der Waals surface area contributed by atoms with Gasteiger partial charge in [-0.2, -0.15) is 0 Å². The number of nitrogens with zero attached hydrogens (tertiary/aromatic N) is 2. The van der Waals surface area contributed by atoms with E-state index in [9.17, 15) is 9.59 Å². The highest BCUT2D eigenvalue weighted by Gasteiger charge is 2.10. The monoisotopic (exact) mass is 300 g/mol. The van der Waals surface area contributed by atoms with Crippen LogP contribution in [0.15, 0.2) is 0 Å². The summed E-state index contributed by atoms with van der Waals surface area (Å²) in [6.07, 6.45) is 2.50. The van der Waals surface area contributed by atoms with Gasteiger partial charge in [-0.25, -0.2) is 4.79 Å². The molecule has 1 unspecified atom stereocenters. The van der Waals surface area contributed by atoms with E-state index in [1.165, 1.54) is 11.3 Å². The second kappa shape index (κ2) is 8.47. The van der Waals surface area contributed by atoms with Crippen molar-refractivity contribution in [2.45, 2.75) is 39.5 Å². The lowest BCUT2D eigenvalue weighted by Crippen LogP contribution is -2.30. The Labute approximate surface area is 121 Å². The lowest BCUT2D eigenvalue weighted by Gasteiger charge is -2.13. The Morgan fingerprint density at radius 1 is 1.35 bits per heavy atom. The maximum absolute atomic E-state index is 11.6. The normalized spacial score (nSPS) is 11.9. The molecule has 0 bridgehead atoms. The third-order valence-corrected chi connectivity index (χ3v) is 3.68. The fourth-order valence-corrected chi connectivity index (χ4v) is 2.35. The molecule has 1 heterocycles. The van der Waals surface area contributed by atoms with Crippen LogP contribution in [-0.4, -0.2) is 33.8 Å². The van der Waals surface area contributed by atoms with Crippen LogP contribution in [0.1, 0.15) is 37.6 Å². The number of urea groups is 1. The minimum Gasteiger partial charge on any atom is -0.481 e. The number of carbonyl (C=O) groups is 2. The Morgan fingerprint density at radius 2 is 2.10 bits per heavy atom. The van der Waals surface area contributed by atoms with E-state index in [1.54, 1.807) is 0 Å². The van der Waals surface area contributed by atoms with E-state index >= 15 is 0 Å². The van der Waals surface area contributed by atoms with Gasteiger partial charge in [-0.15, -0.1) is 10.2 Å². The maximum Gasteiger partial charge on any atom is 0.321 e. The first-order chi connectivity index (χ1) is 9.51. The molecule has 8 heteroatoms. The zero-order valence-corrected chi connectivity index (χ0v) is 12.5. The molecular formula is C12H20N4O3S. The van der Waals surface area contributed by atoms with Gasteiger partial charge in [-0.1, -0.05) is 24.7 Å². The van der Waals surface area contributed by atoms with Gasteiger partial charge in [0.05, 0.1) is 0 Å². The Bertz CT molecular complexity index is 450. The number of aromatic nitrogens is 2. The summed E-state index contributed by atoms with van der Waals surface area (Å²) < 4.78 is 0. The average Bonchev–Trinajstić information content (AvgIpc) is 2.78. The number of aryl methyl sites for hydroxylation is 1. The van der Waals surface area contributed by atoms with E-state index in [2.05, 4.69) is 20.8 Å². The molecule has 3 N–H and O–H groups in total. The molecule has 20 heavy (non-hydrogen) atoms.